The molecule has 1 aliphatic carbocycles. The molecule has 0 atom stereocenters. The predicted molar refractivity (Wildman–Crippen MR) is 160 cm³/mol. The van der Waals surface area contributed by atoms with E-state index in [0.29, 0.717) is 36.8 Å². The summed E-state index contributed by atoms with van der Waals surface area (Å²) in [5.74, 6) is 0.477. The van der Waals surface area contributed by atoms with Crippen LogP contribution in [0.3, 0.4) is 0 Å². The number of carbonyl (C=O) groups is 2. The van der Waals surface area contributed by atoms with Crippen LogP contribution in [0, 0.1) is 0 Å². The zero-order valence-corrected chi connectivity index (χ0v) is 23.1. The van der Waals surface area contributed by atoms with Gasteiger partial charge in [-0.2, -0.15) is 0 Å². The number of nitrogens with zero attached hydrogens (tertiary/aromatic N) is 1. The Balaban J connectivity index is 1.20. The molecule has 0 spiro atoms. The molecular weight excluding hydrogens is 512 g/mol. The number of rotatable bonds is 10. The number of anilines is 1. The molecule has 2 aliphatic rings. The summed E-state index contributed by atoms with van der Waals surface area (Å²) in [5, 5.41) is 3.13. The zero-order chi connectivity index (χ0) is 28.1. The molecule has 0 unspecified atom stereocenters. The second-order valence-electron chi connectivity index (χ2n) is 10.7. The molecule has 208 valence electrons. The molecule has 6 heteroatoms. The topological polar surface area (TPSA) is 67.9 Å². The Morgan fingerprint density at radius 3 is 2.12 bits per heavy atom. The van der Waals surface area contributed by atoms with E-state index in [1.165, 1.54) is 0 Å². The van der Waals surface area contributed by atoms with Crippen LogP contribution in [0.25, 0.3) is 11.1 Å². The Morgan fingerprint density at radius 2 is 1.44 bits per heavy atom. The average Bonchev–Trinajstić information content (AvgIpc) is 3.85. The first-order valence-corrected chi connectivity index (χ1v) is 14.2. The Hall–Kier alpha value is -4.26. The molecule has 4 aromatic carbocycles. The van der Waals surface area contributed by atoms with Crippen molar-refractivity contribution in [2.75, 3.05) is 31.6 Å². The van der Waals surface area contributed by atoms with Gasteiger partial charge in [0, 0.05) is 25.1 Å². The van der Waals surface area contributed by atoms with Gasteiger partial charge in [0.2, 0.25) is 5.91 Å². The molecule has 4 aromatic rings. The van der Waals surface area contributed by atoms with Gasteiger partial charge in [-0.15, -0.1) is 0 Å². The number of morpholine rings is 1. The lowest BCUT2D eigenvalue weighted by molar-refractivity contribution is -0.124. The molecule has 1 heterocycles. The molecule has 1 saturated carbocycles. The third-order valence-corrected chi connectivity index (χ3v) is 7.98. The van der Waals surface area contributed by atoms with Crippen LogP contribution in [0.4, 0.5) is 5.69 Å². The quantitative estimate of drug-likeness (QED) is 0.241. The highest BCUT2D eigenvalue weighted by molar-refractivity contribution is 6.03. The maximum absolute atomic E-state index is 13.6. The lowest BCUT2D eigenvalue weighted by Crippen LogP contribution is -2.51. The molecule has 2 fully saturated rings. The molecule has 0 radical (unpaired) electrons. The van der Waals surface area contributed by atoms with Crippen LogP contribution < -0.4 is 10.1 Å². The van der Waals surface area contributed by atoms with Gasteiger partial charge in [-0.25, -0.2) is 0 Å². The number of ketones is 1. The second kappa shape index (κ2) is 12.1. The monoisotopic (exact) mass is 546 g/mol. The standard InChI is InChI=1S/C35H34N2O4/c38-32(23-26-11-13-29(14-12-26)28-9-5-2-6-10-28)30-15-16-33(41-25-27-7-3-1-4-8-27)31(24-30)36-34(39)35(17-18-35)37-19-21-40-22-20-37/h1-16,24H,17-23,25H2,(H,36,39). The van der Waals surface area contributed by atoms with Crippen LogP contribution in [-0.4, -0.2) is 48.4 Å². The van der Waals surface area contributed by atoms with Crippen molar-refractivity contribution in [3.8, 4) is 16.9 Å². The number of benzene rings is 4. The molecular formula is C35H34N2O4. The fourth-order valence-corrected chi connectivity index (χ4v) is 5.43. The van der Waals surface area contributed by atoms with Crippen LogP contribution in [0.1, 0.15) is 34.3 Å². The van der Waals surface area contributed by atoms with Gasteiger partial charge < -0.3 is 14.8 Å². The van der Waals surface area contributed by atoms with Crippen LogP contribution in [-0.2, 0) is 22.6 Å². The van der Waals surface area contributed by atoms with E-state index in [9.17, 15) is 9.59 Å². The minimum atomic E-state index is -0.513. The molecule has 1 saturated heterocycles. The SMILES string of the molecule is O=C(Cc1ccc(-c2ccccc2)cc1)c1ccc(OCc2ccccc2)c(NC(=O)C2(N3CCOCC3)CC2)c1. The molecule has 6 rings (SSSR count). The van der Waals surface area contributed by atoms with Gasteiger partial charge in [-0.3, -0.25) is 14.5 Å². The van der Waals surface area contributed by atoms with Gasteiger partial charge in [0.15, 0.2) is 5.78 Å². The summed E-state index contributed by atoms with van der Waals surface area (Å²) in [5.41, 5.74) is 4.76. The van der Waals surface area contributed by atoms with E-state index in [1.54, 1.807) is 18.2 Å². The summed E-state index contributed by atoms with van der Waals surface area (Å²) in [6.45, 7) is 3.12. The van der Waals surface area contributed by atoms with E-state index in [-0.39, 0.29) is 18.1 Å². The Labute approximate surface area is 240 Å². The maximum atomic E-state index is 13.6. The molecule has 41 heavy (non-hydrogen) atoms. The van der Waals surface area contributed by atoms with Crippen molar-refractivity contribution in [3.05, 3.63) is 120 Å². The van der Waals surface area contributed by atoms with Crippen molar-refractivity contribution in [1.82, 2.24) is 4.90 Å². The first-order valence-electron chi connectivity index (χ1n) is 14.2. The number of Topliss-reactive ketones (excluding diaryl/α,β-unsaturated/α-hetero) is 1. The largest absolute Gasteiger partial charge is 0.487 e. The Morgan fingerprint density at radius 1 is 0.780 bits per heavy atom. The van der Waals surface area contributed by atoms with E-state index in [0.717, 1.165) is 48.2 Å². The smallest absolute Gasteiger partial charge is 0.245 e. The van der Waals surface area contributed by atoms with Gasteiger partial charge in [-0.1, -0.05) is 84.9 Å². The number of hydrogen-bond acceptors (Lipinski definition) is 5. The van der Waals surface area contributed by atoms with Crippen LogP contribution in [0.15, 0.2) is 103 Å². The van der Waals surface area contributed by atoms with Gasteiger partial charge in [0.25, 0.3) is 0 Å². The average molecular weight is 547 g/mol. The first-order chi connectivity index (χ1) is 20.1. The van der Waals surface area contributed by atoms with Gasteiger partial charge in [-0.05, 0) is 53.3 Å². The molecule has 1 N–H and O–H groups in total. The van der Waals surface area contributed by atoms with E-state index >= 15 is 0 Å². The number of carbonyl (C=O) groups excluding carboxylic acids is 2. The normalized spacial score (nSPS) is 16.1. The maximum Gasteiger partial charge on any atom is 0.245 e. The summed E-state index contributed by atoms with van der Waals surface area (Å²) < 4.78 is 11.7. The van der Waals surface area contributed by atoms with Crippen molar-refractivity contribution >= 4 is 17.4 Å². The molecule has 6 nitrogen and oxygen atoms in total. The molecule has 1 aliphatic heterocycles. The van der Waals surface area contributed by atoms with Crippen LogP contribution >= 0.6 is 0 Å². The zero-order valence-electron chi connectivity index (χ0n) is 23.1. The van der Waals surface area contributed by atoms with Crippen LogP contribution in [0.2, 0.25) is 0 Å². The molecule has 0 aromatic heterocycles. The van der Waals surface area contributed by atoms with Crippen LogP contribution in [0.5, 0.6) is 5.75 Å². The van der Waals surface area contributed by atoms with Crippen molar-refractivity contribution in [3.63, 3.8) is 0 Å². The van der Waals surface area contributed by atoms with Crippen molar-refractivity contribution < 1.29 is 19.1 Å². The third kappa shape index (κ3) is 6.24. The van der Waals surface area contributed by atoms with Gasteiger partial charge >= 0.3 is 0 Å². The van der Waals surface area contributed by atoms with Gasteiger partial charge in [0.1, 0.15) is 17.9 Å². The summed E-state index contributed by atoms with van der Waals surface area (Å²) in [6.07, 6.45) is 1.90. The lowest BCUT2D eigenvalue weighted by Gasteiger charge is -2.34. The Bertz CT molecular complexity index is 1490. The fraction of sp³-hybridized carbons (Fsp3) is 0.257. The number of hydrogen-bond donors (Lipinski definition) is 1. The van der Waals surface area contributed by atoms with E-state index in [2.05, 4.69) is 22.3 Å². The van der Waals surface area contributed by atoms with Crippen molar-refractivity contribution in [2.45, 2.75) is 31.4 Å². The first kappa shape index (κ1) is 26.9. The number of nitrogens with one attached hydrogen (secondary N) is 1. The minimum Gasteiger partial charge on any atom is -0.487 e. The highest BCUT2D eigenvalue weighted by Gasteiger charge is 2.54. The fourth-order valence-electron chi connectivity index (χ4n) is 5.43. The highest BCUT2D eigenvalue weighted by atomic mass is 16.5. The Kier molecular flexibility index (Phi) is 7.94. The predicted octanol–water partition coefficient (Wildman–Crippen LogP) is 6.16. The summed E-state index contributed by atoms with van der Waals surface area (Å²) in [6, 6.07) is 33.5. The van der Waals surface area contributed by atoms with E-state index < -0.39 is 5.54 Å². The van der Waals surface area contributed by atoms with E-state index in [4.69, 9.17) is 9.47 Å². The molecule has 0 bridgehead atoms. The highest BCUT2D eigenvalue weighted by Crippen LogP contribution is 2.43. The van der Waals surface area contributed by atoms with Crippen molar-refractivity contribution in [1.29, 1.82) is 0 Å². The lowest BCUT2D eigenvalue weighted by atomic mass is 9.99. The third-order valence-electron chi connectivity index (χ3n) is 7.98. The summed E-state index contributed by atoms with van der Waals surface area (Å²) >= 11 is 0. The summed E-state index contributed by atoms with van der Waals surface area (Å²) in [4.78, 5) is 29.2. The van der Waals surface area contributed by atoms with Crippen molar-refractivity contribution in [2.24, 2.45) is 0 Å². The molecule has 1 amide bonds. The van der Waals surface area contributed by atoms with E-state index in [1.807, 2.05) is 72.8 Å². The number of ether oxygens (including phenoxy) is 2. The van der Waals surface area contributed by atoms with Gasteiger partial charge in [0.05, 0.1) is 18.9 Å². The number of amides is 1. The second-order valence-corrected chi connectivity index (χ2v) is 10.7. The minimum absolute atomic E-state index is 0.0168. The summed E-state index contributed by atoms with van der Waals surface area (Å²) in [7, 11) is 0.